The molecule has 1 amide bonds. The summed E-state index contributed by atoms with van der Waals surface area (Å²) < 4.78 is 9.70. The van der Waals surface area contributed by atoms with E-state index in [0.29, 0.717) is 15.7 Å². The van der Waals surface area contributed by atoms with Crippen LogP contribution in [0.1, 0.15) is 31.5 Å². The number of methoxy groups -OCH3 is 1. The number of carbonyl (C=O) groups is 2. The van der Waals surface area contributed by atoms with Crippen molar-refractivity contribution < 1.29 is 18.7 Å². The molecule has 0 spiro atoms. The van der Waals surface area contributed by atoms with Gasteiger partial charge in [0.15, 0.2) is 10.9 Å². The second kappa shape index (κ2) is 5.23. The molecule has 0 atom stereocenters. The molecule has 0 radical (unpaired) electrons. The molecule has 1 N–H and O–H groups in total. The average Bonchev–Trinajstić information content (AvgIpc) is 2.94. The monoisotopic (exact) mass is 280 g/mol. The Morgan fingerprint density at radius 3 is 2.74 bits per heavy atom. The van der Waals surface area contributed by atoms with Crippen LogP contribution in [0.5, 0.6) is 0 Å². The molecule has 6 nitrogen and oxygen atoms in total. The molecule has 19 heavy (non-hydrogen) atoms. The van der Waals surface area contributed by atoms with E-state index in [2.05, 4.69) is 15.0 Å². The third kappa shape index (κ3) is 2.65. The van der Waals surface area contributed by atoms with Crippen molar-refractivity contribution in [1.29, 1.82) is 0 Å². The van der Waals surface area contributed by atoms with Gasteiger partial charge >= 0.3 is 5.97 Å². The third-order valence-electron chi connectivity index (χ3n) is 2.46. The van der Waals surface area contributed by atoms with Crippen LogP contribution in [0.15, 0.2) is 16.7 Å². The van der Waals surface area contributed by atoms with E-state index in [1.807, 2.05) is 0 Å². The first-order valence-electron chi connectivity index (χ1n) is 5.44. The number of aromatic nitrogens is 1. The smallest absolute Gasteiger partial charge is 0.350 e. The summed E-state index contributed by atoms with van der Waals surface area (Å²) in [6, 6.07) is 1.70. The predicted molar refractivity (Wildman–Crippen MR) is 69.6 cm³/mol. The molecule has 2 aromatic heterocycles. The number of nitrogens with zero attached hydrogens (tertiary/aromatic N) is 1. The van der Waals surface area contributed by atoms with Gasteiger partial charge in [0.2, 0.25) is 0 Å². The molecule has 0 bridgehead atoms. The first kappa shape index (κ1) is 13.3. The minimum absolute atomic E-state index is 0.229. The number of hydrogen-bond donors (Lipinski definition) is 1. The number of amides is 1. The van der Waals surface area contributed by atoms with Crippen LogP contribution in [0.2, 0.25) is 0 Å². The lowest BCUT2D eigenvalue weighted by molar-refractivity contribution is 0.0605. The van der Waals surface area contributed by atoms with Gasteiger partial charge in [-0.25, -0.2) is 9.78 Å². The van der Waals surface area contributed by atoms with E-state index in [-0.39, 0.29) is 5.76 Å². The lowest BCUT2D eigenvalue weighted by Gasteiger charge is -1.98. The summed E-state index contributed by atoms with van der Waals surface area (Å²) in [6.07, 6.45) is 1.44. The summed E-state index contributed by atoms with van der Waals surface area (Å²) in [5, 5.41) is 2.92. The second-order valence-corrected chi connectivity index (χ2v) is 4.81. The van der Waals surface area contributed by atoms with Gasteiger partial charge in [0.1, 0.15) is 4.88 Å². The van der Waals surface area contributed by atoms with Crippen molar-refractivity contribution in [2.24, 2.45) is 0 Å². The van der Waals surface area contributed by atoms with Crippen LogP contribution in [0, 0.1) is 13.8 Å². The van der Waals surface area contributed by atoms with Crippen LogP contribution in [-0.2, 0) is 4.74 Å². The molecule has 0 fully saturated rings. The van der Waals surface area contributed by atoms with E-state index in [4.69, 9.17) is 4.42 Å². The SMILES string of the molecule is COC(=O)c1sc(NC(=O)c2occc2C)nc1C. The Kier molecular flexibility index (Phi) is 3.66. The van der Waals surface area contributed by atoms with Gasteiger partial charge in [-0.15, -0.1) is 0 Å². The first-order valence-corrected chi connectivity index (χ1v) is 6.25. The van der Waals surface area contributed by atoms with Crippen molar-refractivity contribution in [2.45, 2.75) is 13.8 Å². The number of carbonyl (C=O) groups excluding carboxylic acids is 2. The number of anilines is 1. The number of thiazole rings is 1. The summed E-state index contributed by atoms with van der Waals surface area (Å²) in [7, 11) is 1.30. The molecule has 100 valence electrons. The van der Waals surface area contributed by atoms with Crippen LogP contribution in [0.4, 0.5) is 5.13 Å². The van der Waals surface area contributed by atoms with Crippen LogP contribution in [0.25, 0.3) is 0 Å². The van der Waals surface area contributed by atoms with Crippen molar-refractivity contribution in [3.63, 3.8) is 0 Å². The van der Waals surface area contributed by atoms with Gasteiger partial charge in [-0.3, -0.25) is 10.1 Å². The maximum absolute atomic E-state index is 11.9. The highest BCUT2D eigenvalue weighted by atomic mass is 32.1. The molecule has 0 unspecified atom stereocenters. The van der Waals surface area contributed by atoms with E-state index in [1.165, 1.54) is 13.4 Å². The third-order valence-corrected chi connectivity index (χ3v) is 3.51. The standard InChI is InChI=1S/C12H12N2O4S/c1-6-4-5-18-8(6)10(15)14-12-13-7(2)9(19-12)11(16)17-3/h4-5H,1-3H3,(H,13,14,15). The highest BCUT2D eigenvalue weighted by Crippen LogP contribution is 2.24. The quantitative estimate of drug-likeness (QED) is 0.873. The molecule has 0 saturated heterocycles. The van der Waals surface area contributed by atoms with Gasteiger partial charge < -0.3 is 9.15 Å². The Labute approximate surface area is 113 Å². The van der Waals surface area contributed by atoms with Crippen molar-refractivity contribution in [3.05, 3.63) is 34.2 Å². The maximum atomic E-state index is 11.9. The minimum atomic E-state index is -0.468. The lowest BCUT2D eigenvalue weighted by Crippen LogP contribution is -2.11. The van der Waals surface area contributed by atoms with Gasteiger partial charge in [0.05, 0.1) is 19.1 Å². The number of rotatable bonds is 3. The molecular formula is C12H12N2O4S. The van der Waals surface area contributed by atoms with E-state index < -0.39 is 11.9 Å². The Bertz CT molecular complexity index is 629. The summed E-state index contributed by atoms with van der Waals surface area (Å²) in [4.78, 5) is 27.8. The van der Waals surface area contributed by atoms with Gasteiger partial charge in [-0.1, -0.05) is 11.3 Å². The van der Waals surface area contributed by atoms with Crippen molar-refractivity contribution in [1.82, 2.24) is 4.98 Å². The van der Waals surface area contributed by atoms with Crippen LogP contribution in [0.3, 0.4) is 0 Å². The molecule has 0 aliphatic carbocycles. The van der Waals surface area contributed by atoms with Gasteiger partial charge in [-0.2, -0.15) is 0 Å². The Balaban J connectivity index is 2.19. The fourth-order valence-corrected chi connectivity index (χ4v) is 2.37. The van der Waals surface area contributed by atoms with Crippen molar-refractivity contribution in [3.8, 4) is 0 Å². The molecule has 0 aliphatic rings. The van der Waals surface area contributed by atoms with Crippen LogP contribution >= 0.6 is 11.3 Å². The van der Waals surface area contributed by atoms with Crippen LogP contribution in [-0.4, -0.2) is 24.0 Å². The Morgan fingerprint density at radius 1 is 1.42 bits per heavy atom. The van der Waals surface area contributed by atoms with Crippen molar-refractivity contribution in [2.75, 3.05) is 12.4 Å². The number of furan rings is 1. The highest BCUT2D eigenvalue weighted by molar-refractivity contribution is 7.17. The Hall–Kier alpha value is -2.15. The van der Waals surface area contributed by atoms with Gasteiger partial charge in [0.25, 0.3) is 5.91 Å². The lowest BCUT2D eigenvalue weighted by atomic mass is 10.3. The topological polar surface area (TPSA) is 81.4 Å². The van der Waals surface area contributed by atoms with E-state index in [1.54, 1.807) is 19.9 Å². The molecule has 0 saturated carbocycles. The molecule has 0 aromatic carbocycles. The zero-order valence-electron chi connectivity index (χ0n) is 10.6. The number of ether oxygens (including phenoxy) is 1. The summed E-state index contributed by atoms with van der Waals surface area (Å²) in [5.41, 5.74) is 1.25. The van der Waals surface area contributed by atoms with Gasteiger partial charge in [-0.05, 0) is 19.9 Å². The molecule has 0 aliphatic heterocycles. The summed E-state index contributed by atoms with van der Waals surface area (Å²) >= 11 is 1.06. The highest BCUT2D eigenvalue weighted by Gasteiger charge is 2.19. The largest absolute Gasteiger partial charge is 0.465 e. The predicted octanol–water partition coefficient (Wildman–Crippen LogP) is 2.39. The molecular weight excluding hydrogens is 268 g/mol. The van der Waals surface area contributed by atoms with Crippen molar-refractivity contribution >= 4 is 28.3 Å². The van der Waals surface area contributed by atoms with E-state index in [0.717, 1.165) is 16.9 Å². The number of esters is 1. The minimum Gasteiger partial charge on any atom is -0.465 e. The first-order chi connectivity index (χ1) is 9.02. The number of nitrogens with one attached hydrogen (secondary N) is 1. The van der Waals surface area contributed by atoms with E-state index >= 15 is 0 Å². The zero-order chi connectivity index (χ0) is 14.0. The molecule has 7 heteroatoms. The van der Waals surface area contributed by atoms with E-state index in [9.17, 15) is 9.59 Å². The zero-order valence-corrected chi connectivity index (χ0v) is 11.5. The summed E-state index contributed by atoms with van der Waals surface area (Å²) in [6.45, 7) is 3.45. The summed E-state index contributed by atoms with van der Waals surface area (Å²) in [5.74, 6) is -0.634. The average molecular weight is 280 g/mol. The number of aryl methyl sites for hydroxylation is 2. The van der Waals surface area contributed by atoms with Crippen LogP contribution < -0.4 is 5.32 Å². The van der Waals surface area contributed by atoms with Gasteiger partial charge in [0, 0.05) is 5.56 Å². The fourth-order valence-electron chi connectivity index (χ4n) is 1.49. The Morgan fingerprint density at radius 2 is 2.16 bits per heavy atom. The molecule has 2 heterocycles. The second-order valence-electron chi connectivity index (χ2n) is 3.81. The maximum Gasteiger partial charge on any atom is 0.350 e. The number of hydrogen-bond acceptors (Lipinski definition) is 6. The molecule has 2 aromatic rings. The molecule has 2 rings (SSSR count). The fraction of sp³-hybridized carbons (Fsp3) is 0.250. The normalized spacial score (nSPS) is 10.3.